The average molecular weight is 277 g/mol. The lowest BCUT2D eigenvalue weighted by atomic mass is 9.93. The van der Waals surface area contributed by atoms with Crippen LogP contribution in [0.1, 0.15) is 51.0 Å². The van der Waals surface area contributed by atoms with Gasteiger partial charge in [-0.3, -0.25) is 9.59 Å². The Bertz CT molecular complexity index is 571. The van der Waals surface area contributed by atoms with Crippen molar-refractivity contribution in [2.45, 2.75) is 56.5 Å². The summed E-state index contributed by atoms with van der Waals surface area (Å²) in [4.78, 5) is 27.6. The fourth-order valence-corrected chi connectivity index (χ4v) is 3.09. The van der Waals surface area contributed by atoms with Gasteiger partial charge in [-0.1, -0.05) is 12.8 Å². The zero-order valence-electron chi connectivity index (χ0n) is 11.3. The lowest BCUT2D eigenvalue weighted by Gasteiger charge is -2.29. The Morgan fingerprint density at radius 1 is 1.45 bits per heavy atom. The summed E-state index contributed by atoms with van der Waals surface area (Å²) in [6.07, 6.45) is 8.96. The molecule has 6 nitrogen and oxygen atoms in total. The van der Waals surface area contributed by atoms with Crippen LogP contribution in [0.3, 0.4) is 0 Å². The molecule has 0 bridgehead atoms. The average Bonchev–Trinajstić information content (AvgIpc) is 3.13. The summed E-state index contributed by atoms with van der Waals surface area (Å²) in [6.45, 7) is 0. The van der Waals surface area contributed by atoms with Crippen molar-refractivity contribution in [3.8, 4) is 0 Å². The van der Waals surface area contributed by atoms with Crippen LogP contribution in [0.15, 0.2) is 17.2 Å². The molecular formula is C14H19N3O3. The van der Waals surface area contributed by atoms with E-state index in [2.05, 4.69) is 10.3 Å². The van der Waals surface area contributed by atoms with Gasteiger partial charge in [-0.25, -0.2) is 4.98 Å². The molecule has 2 N–H and O–H groups in total. The van der Waals surface area contributed by atoms with Crippen LogP contribution < -0.4 is 10.9 Å². The van der Waals surface area contributed by atoms with Crippen molar-refractivity contribution >= 4 is 11.8 Å². The fourth-order valence-electron chi connectivity index (χ4n) is 3.09. The van der Waals surface area contributed by atoms with E-state index in [1.54, 1.807) is 17.0 Å². The zero-order chi connectivity index (χ0) is 14.2. The van der Waals surface area contributed by atoms with Gasteiger partial charge in [0.25, 0.3) is 5.56 Å². The highest BCUT2D eigenvalue weighted by atomic mass is 16.4. The van der Waals surface area contributed by atoms with Crippen LogP contribution >= 0.6 is 0 Å². The van der Waals surface area contributed by atoms with E-state index < -0.39 is 11.5 Å². The molecule has 1 aromatic heterocycles. The molecule has 1 heterocycles. The molecule has 0 aromatic carbocycles. The quantitative estimate of drug-likeness (QED) is 0.857. The van der Waals surface area contributed by atoms with Crippen LogP contribution in [0.5, 0.6) is 0 Å². The lowest BCUT2D eigenvalue weighted by Crippen LogP contribution is -2.40. The number of carboxylic acid groups (broad SMARTS) is 1. The third-order valence-corrected chi connectivity index (χ3v) is 4.24. The topological polar surface area (TPSA) is 84.2 Å². The number of carboxylic acids is 1. The number of nitrogens with zero attached hydrogens (tertiary/aromatic N) is 2. The molecule has 0 aliphatic heterocycles. The summed E-state index contributed by atoms with van der Waals surface area (Å²) in [5, 5.41) is 12.2. The Hall–Kier alpha value is -1.85. The molecule has 0 saturated heterocycles. The van der Waals surface area contributed by atoms with Gasteiger partial charge in [-0.2, -0.15) is 0 Å². The smallest absolute Gasteiger partial charge is 0.305 e. The molecule has 0 amide bonds. The van der Waals surface area contributed by atoms with Crippen molar-refractivity contribution in [1.82, 2.24) is 9.55 Å². The van der Waals surface area contributed by atoms with Crippen molar-refractivity contribution < 1.29 is 9.90 Å². The standard InChI is InChI=1S/C14H19N3O3/c18-11(19)9-14(5-1-2-6-14)16-12-13(20)17(8-7-15-12)10-3-4-10/h7-8,10H,1-6,9H2,(H,15,16)(H,18,19). The summed E-state index contributed by atoms with van der Waals surface area (Å²) in [5.74, 6) is -0.541. The second kappa shape index (κ2) is 4.92. The largest absolute Gasteiger partial charge is 0.481 e. The number of carbonyl (C=O) groups is 1. The van der Waals surface area contributed by atoms with Gasteiger partial charge < -0.3 is 15.0 Å². The first-order valence-corrected chi connectivity index (χ1v) is 7.17. The molecule has 1 aromatic rings. The first-order valence-electron chi connectivity index (χ1n) is 7.17. The first-order chi connectivity index (χ1) is 9.60. The summed E-state index contributed by atoms with van der Waals surface area (Å²) >= 11 is 0. The maximum Gasteiger partial charge on any atom is 0.305 e. The third kappa shape index (κ3) is 2.55. The van der Waals surface area contributed by atoms with E-state index in [0.29, 0.717) is 11.9 Å². The van der Waals surface area contributed by atoms with Gasteiger partial charge in [-0.15, -0.1) is 0 Å². The van der Waals surface area contributed by atoms with Gasteiger partial charge in [0, 0.05) is 24.0 Å². The molecule has 108 valence electrons. The van der Waals surface area contributed by atoms with E-state index in [-0.39, 0.29) is 12.0 Å². The number of hydrogen-bond donors (Lipinski definition) is 2. The van der Waals surface area contributed by atoms with E-state index in [4.69, 9.17) is 5.11 Å². The predicted octanol–water partition coefficient (Wildman–Crippen LogP) is 1.78. The van der Waals surface area contributed by atoms with E-state index in [1.165, 1.54) is 0 Å². The normalized spacial score (nSPS) is 20.8. The predicted molar refractivity (Wildman–Crippen MR) is 73.8 cm³/mol. The molecule has 0 spiro atoms. The molecule has 2 aliphatic rings. The summed E-state index contributed by atoms with van der Waals surface area (Å²) in [7, 11) is 0. The lowest BCUT2D eigenvalue weighted by molar-refractivity contribution is -0.138. The number of nitrogens with one attached hydrogen (secondary N) is 1. The van der Waals surface area contributed by atoms with E-state index in [9.17, 15) is 9.59 Å². The number of aliphatic carboxylic acids is 1. The summed E-state index contributed by atoms with van der Waals surface area (Å²) < 4.78 is 1.71. The van der Waals surface area contributed by atoms with Crippen LogP contribution in [-0.2, 0) is 4.79 Å². The van der Waals surface area contributed by atoms with Crippen LogP contribution in [0.4, 0.5) is 5.82 Å². The van der Waals surface area contributed by atoms with Crippen LogP contribution in [0.2, 0.25) is 0 Å². The zero-order valence-corrected chi connectivity index (χ0v) is 11.3. The molecule has 2 saturated carbocycles. The van der Waals surface area contributed by atoms with Crippen molar-refractivity contribution in [2.24, 2.45) is 0 Å². The van der Waals surface area contributed by atoms with Crippen molar-refractivity contribution in [3.63, 3.8) is 0 Å². The van der Waals surface area contributed by atoms with E-state index in [1.807, 2.05) is 0 Å². The SMILES string of the molecule is O=C(O)CC1(Nc2nccn(C3CC3)c2=O)CCCC1. The third-order valence-electron chi connectivity index (χ3n) is 4.24. The van der Waals surface area contributed by atoms with Gasteiger partial charge in [0.2, 0.25) is 0 Å². The first kappa shape index (κ1) is 13.1. The van der Waals surface area contributed by atoms with E-state index in [0.717, 1.165) is 38.5 Å². The highest BCUT2D eigenvalue weighted by Gasteiger charge is 2.37. The van der Waals surface area contributed by atoms with Crippen molar-refractivity contribution in [1.29, 1.82) is 0 Å². The highest BCUT2D eigenvalue weighted by Crippen LogP contribution is 2.36. The summed E-state index contributed by atoms with van der Waals surface area (Å²) in [6, 6.07) is 0.296. The Morgan fingerprint density at radius 3 is 2.75 bits per heavy atom. The molecule has 0 atom stereocenters. The molecule has 0 unspecified atom stereocenters. The Morgan fingerprint density at radius 2 is 2.15 bits per heavy atom. The van der Waals surface area contributed by atoms with Crippen LogP contribution in [-0.4, -0.2) is 26.2 Å². The molecule has 2 fully saturated rings. The van der Waals surface area contributed by atoms with Gasteiger partial charge in [-0.05, 0) is 25.7 Å². The number of rotatable bonds is 5. The van der Waals surface area contributed by atoms with Gasteiger partial charge in [0.1, 0.15) is 0 Å². The number of aromatic nitrogens is 2. The van der Waals surface area contributed by atoms with Crippen LogP contribution in [0, 0.1) is 0 Å². The Labute approximate surface area is 116 Å². The fraction of sp³-hybridized carbons (Fsp3) is 0.643. The minimum Gasteiger partial charge on any atom is -0.481 e. The van der Waals surface area contributed by atoms with Gasteiger partial charge >= 0.3 is 5.97 Å². The molecule has 0 radical (unpaired) electrons. The number of hydrogen-bond acceptors (Lipinski definition) is 4. The molecule has 2 aliphatic carbocycles. The maximum atomic E-state index is 12.4. The van der Waals surface area contributed by atoms with Crippen molar-refractivity contribution in [3.05, 3.63) is 22.7 Å². The number of anilines is 1. The molecule has 6 heteroatoms. The van der Waals surface area contributed by atoms with Gasteiger partial charge in [0.05, 0.1) is 6.42 Å². The van der Waals surface area contributed by atoms with Crippen molar-refractivity contribution in [2.75, 3.05) is 5.32 Å². The highest BCUT2D eigenvalue weighted by molar-refractivity contribution is 5.69. The van der Waals surface area contributed by atoms with Gasteiger partial charge in [0.15, 0.2) is 5.82 Å². The minimum atomic E-state index is -0.835. The monoisotopic (exact) mass is 277 g/mol. The molecule has 20 heavy (non-hydrogen) atoms. The summed E-state index contributed by atoms with van der Waals surface area (Å²) in [5.41, 5.74) is -0.646. The molecule has 3 rings (SSSR count). The minimum absolute atomic E-state index is 0.0342. The Balaban J connectivity index is 1.87. The Kier molecular flexibility index (Phi) is 3.23. The second-order valence-electron chi connectivity index (χ2n) is 5.90. The molecular weight excluding hydrogens is 258 g/mol. The second-order valence-corrected chi connectivity index (χ2v) is 5.90. The maximum absolute atomic E-state index is 12.4. The van der Waals surface area contributed by atoms with Crippen LogP contribution in [0.25, 0.3) is 0 Å². The van der Waals surface area contributed by atoms with E-state index >= 15 is 0 Å².